The highest BCUT2D eigenvalue weighted by Gasteiger charge is 2.19. The first kappa shape index (κ1) is 12.4. The molecule has 0 spiro atoms. The summed E-state index contributed by atoms with van der Waals surface area (Å²) in [5, 5.41) is 7.43. The van der Waals surface area contributed by atoms with Crippen molar-refractivity contribution in [1.29, 1.82) is 0 Å². The van der Waals surface area contributed by atoms with Gasteiger partial charge in [-0.3, -0.25) is 5.84 Å². The molecule has 1 heterocycles. The Balaban J connectivity index is 2.46. The predicted molar refractivity (Wildman–Crippen MR) is 64.2 cm³/mol. The molecule has 0 bridgehead atoms. The number of ether oxygens (including phenoxy) is 1. The van der Waals surface area contributed by atoms with Crippen LogP contribution in [0.2, 0.25) is 0 Å². The first-order chi connectivity index (χ1) is 8.77. The summed E-state index contributed by atoms with van der Waals surface area (Å²) in [4.78, 5) is 0. The average molecular weight is 248 g/mol. The zero-order chi connectivity index (χ0) is 13.0. The van der Waals surface area contributed by atoms with Crippen LogP contribution in [0.1, 0.15) is 17.2 Å². The third-order valence-electron chi connectivity index (χ3n) is 2.63. The number of halogens is 1. The Morgan fingerprint density at radius 2 is 2.17 bits per heavy atom. The predicted octanol–water partition coefficient (Wildman–Crippen LogP) is 1.18. The molecule has 0 amide bonds. The second-order valence-corrected chi connectivity index (χ2v) is 3.64. The lowest BCUT2D eigenvalue weighted by Gasteiger charge is -2.17. The van der Waals surface area contributed by atoms with Gasteiger partial charge in [-0.05, 0) is 17.7 Å². The van der Waals surface area contributed by atoms with Gasteiger partial charge in [0.25, 0.3) is 0 Å². The van der Waals surface area contributed by atoms with Gasteiger partial charge >= 0.3 is 0 Å². The van der Waals surface area contributed by atoms with Crippen LogP contribution in [-0.4, -0.2) is 17.3 Å². The maximum absolute atomic E-state index is 14.1. The van der Waals surface area contributed by atoms with E-state index in [1.165, 1.54) is 19.5 Å². The Labute approximate surface area is 104 Å². The highest BCUT2D eigenvalue weighted by molar-refractivity contribution is 5.37. The minimum absolute atomic E-state index is 0.176. The van der Waals surface area contributed by atoms with Crippen molar-refractivity contribution in [3.63, 3.8) is 0 Å². The zero-order valence-corrected chi connectivity index (χ0v) is 9.80. The van der Waals surface area contributed by atoms with E-state index in [2.05, 4.69) is 15.6 Å². The normalized spacial score (nSPS) is 12.2. The van der Waals surface area contributed by atoms with Gasteiger partial charge < -0.3 is 4.74 Å². The molecule has 1 aromatic carbocycles. The summed E-state index contributed by atoms with van der Waals surface area (Å²) in [6.45, 7) is 0. The van der Waals surface area contributed by atoms with Crippen LogP contribution in [0.4, 0.5) is 4.39 Å². The summed E-state index contributed by atoms with van der Waals surface area (Å²) in [5.74, 6) is 5.22. The Morgan fingerprint density at radius 1 is 1.33 bits per heavy atom. The van der Waals surface area contributed by atoms with Crippen LogP contribution >= 0.6 is 0 Å². The fourth-order valence-corrected chi connectivity index (χ4v) is 1.75. The summed E-state index contributed by atoms with van der Waals surface area (Å²) < 4.78 is 19.1. The summed E-state index contributed by atoms with van der Waals surface area (Å²) in [6, 6.07) is 6.11. The summed E-state index contributed by atoms with van der Waals surface area (Å²) in [5.41, 5.74) is 3.68. The van der Waals surface area contributed by atoms with E-state index in [4.69, 9.17) is 10.6 Å². The van der Waals surface area contributed by atoms with Crippen molar-refractivity contribution in [3.05, 3.63) is 53.6 Å². The number of methoxy groups -OCH3 is 1. The Morgan fingerprint density at radius 3 is 2.78 bits per heavy atom. The average Bonchev–Trinajstić information content (AvgIpc) is 2.43. The number of nitrogens with zero attached hydrogens (tertiary/aromatic N) is 2. The van der Waals surface area contributed by atoms with E-state index in [1.54, 1.807) is 24.3 Å². The molecule has 2 aromatic rings. The van der Waals surface area contributed by atoms with E-state index in [-0.39, 0.29) is 5.75 Å². The van der Waals surface area contributed by atoms with Gasteiger partial charge in [0.15, 0.2) is 11.6 Å². The van der Waals surface area contributed by atoms with Gasteiger partial charge in [-0.25, -0.2) is 9.82 Å². The van der Waals surface area contributed by atoms with Gasteiger partial charge in [-0.2, -0.15) is 10.2 Å². The molecule has 1 unspecified atom stereocenters. The van der Waals surface area contributed by atoms with Crippen LogP contribution in [0.5, 0.6) is 5.75 Å². The maximum atomic E-state index is 14.1. The van der Waals surface area contributed by atoms with Crippen molar-refractivity contribution in [2.24, 2.45) is 5.84 Å². The Kier molecular flexibility index (Phi) is 3.81. The van der Waals surface area contributed by atoms with Crippen molar-refractivity contribution in [2.45, 2.75) is 6.04 Å². The topological polar surface area (TPSA) is 73.1 Å². The van der Waals surface area contributed by atoms with Crippen molar-refractivity contribution < 1.29 is 9.13 Å². The zero-order valence-electron chi connectivity index (χ0n) is 9.80. The van der Waals surface area contributed by atoms with Crippen LogP contribution in [0.15, 0.2) is 36.7 Å². The molecule has 0 saturated carbocycles. The minimum Gasteiger partial charge on any atom is -0.494 e. The molecule has 94 valence electrons. The smallest absolute Gasteiger partial charge is 0.170 e. The van der Waals surface area contributed by atoms with Gasteiger partial charge in [-0.15, -0.1) is 0 Å². The monoisotopic (exact) mass is 248 g/mol. The Bertz CT molecular complexity index is 521. The number of hydrogen-bond acceptors (Lipinski definition) is 5. The molecule has 5 nitrogen and oxygen atoms in total. The SMILES string of the molecule is COc1cccc(C(NN)c2ccnnc2)c1F. The molecule has 0 radical (unpaired) electrons. The van der Waals surface area contributed by atoms with E-state index >= 15 is 0 Å². The third-order valence-corrected chi connectivity index (χ3v) is 2.63. The van der Waals surface area contributed by atoms with Crippen LogP contribution in [0.25, 0.3) is 0 Å². The second-order valence-electron chi connectivity index (χ2n) is 3.64. The first-order valence-electron chi connectivity index (χ1n) is 5.33. The largest absolute Gasteiger partial charge is 0.494 e. The third kappa shape index (κ3) is 2.29. The number of nitrogens with two attached hydrogens (primary N) is 1. The van der Waals surface area contributed by atoms with Crippen molar-refractivity contribution >= 4 is 0 Å². The van der Waals surface area contributed by atoms with Gasteiger partial charge in [0.1, 0.15) is 0 Å². The number of hydrazine groups is 1. The number of benzene rings is 1. The molecule has 0 aliphatic heterocycles. The van der Waals surface area contributed by atoms with Gasteiger partial charge in [0.2, 0.25) is 0 Å². The molecule has 6 heteroatoms. The summed E-state index contributed by atoms with van der Waals surface area (Å²) in [7, 11) is 1.42. The molecule has 1 aromatic heterocycles. The highest BCUT2D eigenvalue weighted by atomic mass is 19.1. The van der Waals surface area contributed by atoms with E-state index in [0.29, 0.717) is 5.56 Å². The van der Waals surface area contributed by atoms with Gasteiger partial charge in [-0.1, -0.05) is 12.1 Å². The lowest BCUT2D eigenvalue weighted by atomic mass is 10.0. The lowest BCUT2D eigenvalue weighted by Crippen LogP contribution is -2.29. The number of hydrogen-bond donors (Lipinski definition) is 2. The second kappa shape index (κ2) is 5.52. The van der Waals surface area contributed by atoms with Crippen molar-refractivity contribution in [3.8, 4) is 5.75 Å². The fourth-order valence-electron chi connectivity index (χ4n) is 1.75. The van der Waals surface area contributed by atoms with E-state index in [1.807, 2.05) is 0 Å². The molecule has 0 fully saturated rings. The minimum atomic E-state index is -0.504. The number of nitrogens with one attached hydrogen (secondary N) is 1. The number of rotatable bonds is 4. The van der Waals surface area contributed by atoms with E-state index < -0.39 is 11.9 Å². The van der Waals surface area contributed by atoms with Crippen LogP contribution in [-0.2, 0) is 0 Å². The molecule has 0 aliphatic carbocycles. The summed E-state index contributed by atoms with van der Waals surface area (Å²) in [6.07, 6.45) is 3.06. The molecule has 1 atom stereocenters. The van der Waals surface area contributed by atoms with Gasteiger partial charge in [0.05, 0.1) is 19.3 Å². The standard InChI is InChI=1S/C12H13FN4O/c1-18-10-4-2-3-9(11(10)13)12(17-14)8-5-6-15-16-7-8/h2-7,12,17H,14H2,1H3. The highest BCUT2D eigenvalue weighted by Crippen LogP contribution is 2.28. The van der Waals surface area contributed by atoms with Crippen LogP contribution in [0.3, 0.4) is 0 Å². The van der Waals surface area contributed by atoms with Crippen LogP contribution < -0.4 is 16.0 Å². The first-order valence-corrected chi connectivity index (χ1v) is 5.33. The molecule has 0 saturated heterocycles. The molecular weight excluding hydrogens is 235 g/mol. The number of aromatic nitrogens is 2. The molecule has 0 aliphatic rings. The maximum Gasteiger partial charge on any atom is 0.170 e. The van der Waals surface area contributed by atoms with E-state index in [9.17, 15) is 4.39 Å². The Hall–Kier alpha value is -2.05. The van der Waals surface area contributed by atoms with Crippen molar-refractivity contribution in [1.82, 2.24) is 15.6 Å². The van der Waals surface area contributed by atoms with Crippen LogP contribution in [0, 0.1) is 5.82 Å². The quantitative estimate of drug-likeness (QED) is 0.628. The lowest BCUT2D eigenvalue weighted by molar-refractivity contribution is 0.381. The van der Waals surface area contributed by atoms with Crippen molar-refractivity contribution in [2.75, 3.05) is 7.11 Å². The fraction of sp³-hybridized carbons (Fsp3) is 0.167. The molecular formula is C12H13FN4O. The molecule has 2 rings (SSSR count). The summed E-state index contributed by atoms with van der Waals surface area (Å²) >= 11 is 0. The van der Waals surface area contributed by atoms with E-state index in [0.717, 1.165) is 5.56 Å². The molecule has 3 N–H and O–H groups in total. The molecule has 18 heavy (non-hydrogen) atoms. The van der Waals surface area contributed by atoms with Gasteiger partial charge in [0, 0.05) is 11.8 Å².